The van der Waals surface area contributed by atoms with Crippen LogP contribution in [0.3, 0.4) is 0 Å². The molecule has 0 spiro atoms. The normalized spacial score (nSPS) is 12.5. The number of carbonyl (C=O) groups excluding carboxylic acids is 3. The van der Waals surface area contributed by atoms with E-state index in [1.54, 1.807) is 0 Å². The number of hydrogen-bond acceptors (Lipinski definition) is 6. The van der Waals surface area contributed by atoms with Crippen LogP contribution in [-0.4, -0.2) is 37.2 Å². The molecule has 0 amide bonds. The van der Waals surface area contributed by atoms with Crippen LogP contribution in [0.25, 0.3) is 0 Å². The lowest BCUT2D eigenvalue weighted by Crippen LogP contribution is -2.30. The summed E-state index contributed by atoms with van der Waals surface area (Å²) < 4.78 is 16.9. The van der Waals surface area contributed by atoms with Gasteiger partial charge >= 0.3 is 17.9 Å². The average Bonchev–Trinajstić information content (AvgIpc) is 3.34. The highest BCUT2D eigenvalue weighted by atomic mass is 16.6. The number of esters is 3. The molecule has 0 saturated heterocycles. The number of allylic oxidation sites excluding steroid dienone is 10. The van der Waals surface area contributed by atoms with Gasteiger partial charge in [0.15, 0.2) is 6.10 Å². The summed E-state index contributed by atoms with van der Waals surface area (Å²) in [4.78, 5) is 38.1. The average molecular weight is 952 g/mol. The summed E-state index contributed by atoms with van der Waals surface area (Å²) in [6, 6.07) is 0. The lowest BCUT2D eigenvalue weighted by molar-refractivity contribution is -0.167. The van der Waals surface area contributed by atoms with Crippen LogP contribution in [0.4, 0.5) is 0 Å². The quantitative estimate of drug-likeness (QED) is 0.0262. The van der Waals surface area contributed by atoms with Gasteiger partial charge in [-0.3, -0.25) is 14.4 Å². The highest BCUT2D eigenvalue weighted by Gasteiger charge is 2.19. The summed E-state index contributed by atoms with van der Waals surface area (Å²) in [5.41, 5.74) is 0. The Morgan fingerprint density at radius 3 is 0.897 bits per heavy atom. The van der Waals surface area contributed by atoms with Crippen LogP contribution in [0.5, 0.6) is 0 Å². The largest absolute Gasteiger partial charge is 0.462 e. The smallest absolute Gasteiger partial charge is 0.306 e. The third-order valence-electron chi connectivity index (χ3n) is 12.8. The van der Waals surface area contributed by atoms with Gasteiger partial charge in [-0.25, -0.2) is 0 Å². The van der Waals surface area contributed by atoms with Crippen LogP contribution in [-0.2, 0) is 28.6 Å². The number of hydrogen-bond donors (Lipinski definition) is 0. The fourth-order valence-corrected chi connectivity index (χ4v) is 8.41. The van der Waals surface area contributed by atoms with Gasteiger partial charge in [-0.1, -0.05) is 274 Å². The van der Waals surface area contributed by atoms with E-state index < -0.39 is 6.10 Å². The molecule has 0 bridgehead atoms. The molecule has 0 aliphatic heterocycles. The zero-order valence-electron chi connectivity index (χ0n) is 45.1. The summed E-state index contributed by atoms with van der Waals surface area (Å²) in [5.74, 6) is -0.900. The Labute approximate surface area is 421 Å². The molecule has 1 atom stereocenters. The van der Waals surface area contributed by atoms with E-state index in [4.69, 9.17) is 14.2 Å². The summed E-state index contributed by atoms with van der Waals surface area (Å²) in [6.45, 7) is 6.53. The van der Waals surface area contributed by atoms with Crippen molar-refractivity contribution in [2.75, 3.05) is 13.2 Å². The molecule has 6 heteroatoms. The van der Waals surface area contributed by atoms with Gasteiger partial charge in [0.1, 0.15) is 13.2 Å². The molecule has 0 fully saturated rings. The summed E-state index contributed by atoms with van der Waals surface area (Å²) in [6.07, 6.45) is 70.7. The van der Waals surface area contributed by atoms with Crippen molar-refractivity contribution in [3.05, 3.63) is 60.8 Å². The van der Waals surface area contributed by atoms with Crippen LogP contribution in [0.2, 0.25) is 0 Å². The van der Waals surface area contributed by atoms with Gasteiger partial charge in [-0.15, -0.1) is 0 Å². The van der Waals surface area contributed by atoms with Gasteiger partial charge < -0.3 is 14.2 Å². The minimum Gasteiger partial charge on any atom is -0.462 e. The second-order valence-electron chi connectivity index (χ2n) is 19.5. The summed E-state index contributed by atoms with van der Waals surface area (Å²) >= 11 is 0. The van der Waals surface area contributed by atoms with Gasteiger partial charge in [0.2, 0.25) is 0 Å². The predicted molar refractivity (Wildman–Crippen MR) is 293 cm³/mol. The molecule has 0 radical (unpaired) electrons. The van der Waals surface area contributed by atoms with Crippen molar-refractivity contribution in [3.63, 3.8) is 0 Å². The minimum absolute atomic E-state index is 0.0807. The summed E-state index contributed by atoms with van der Waals surface area (Å²) in [5, 5.41) is 0. The highest BCUT2D eigenvalue weighted by Crippen LogP contribution is 2.17. The van der Waals surface area contributed by atoms with Crippen molar-refractivity contribution in [2.45, 2.75) is 303 Å². The second kappa shape index (κ2) is 56.7. The third kappa shape index (κ3) is 54.1. The predicted octanol–water partition coefficient (Wildman–Crippen LogP) is 19.6. The first kappa shape index (κ1) is 65.1. The lowest BCUT2D eigenvalue weighted by atomic mass is 10.0. The van der Waals surface area contributed by atoms with E-state index in [0.29, 0.717) is 19.3 Å². The minimum atomic E-state index is -0.784. The Morgan fingerprint density at radius 2 is 0.574 bits per heavy atom. The van der Waals surface area contributed by atoms with Crippen LogP contribution in [0, 0.1) is 0 Å². The van der Waals surface area contributed by atoms with E-state index in [2.05, 4.69) is 81.5 Å². The van der Waals surface area contributed by atoms with Crippen molar-refractivity contribution < 1.29 is 28.6 Å². The van der Waals surface area contributed by atoms with Crippen molar-refractivity contribution >= 4 is 17.9 Å². The lowest BCUT2D eigenvalue weighted by Gasteiger charge is -2.18. The fourth-order valence-electron chi connectivity index (χ4n) is 8.41. The standard InChI is InChI=1S/C62H110O6/c1-4-7-10-13-16-19-22-25-27-29-31-33-35-37-40-42-45-48-51-54-60(63)66-57-59(68-62(65)56-53-50-47-44-39-24-21-18-15-12-9-6-3)58-67-61(64)55-52-49-46-43-41-38-36-34-32-30-28-26-23-20-17-14-11-8-5-2/h7,10,16,19,25,27,31,33,37,40,59H,4-6,8-9,11-15,17-18,20-24,26,28-30,32,34-36,38-39,41-58H2,1-3H3/b10-7-,19-16-,27-25-,33-31-,40-37-/t59-/m1/s1. The van der Waals surface area contributed by atoms with Gasteiger partial charge in [0, 0.05) is 19.3 Å². The van der Waals surface area contributed by atoms with E-state index in [9.17, 15) is 14.4 Å². The molecular formula is C62H110O6. The molecule has 0 N–H and O–H groups in total. The number of unbranched alkanes of at least 4 members (excludes halogenated alkanes) is 32. The third-order valence-corrected chi connectivity index (χ3v) is 12.8. The van der Waals surface area contributed by atoms with Crippen molar-refractivity contribution in [2.24, 2.45) is 0 Å². The highest BCUT2D eigenvalue weighted by molar-refractivity contribution is 5.71. The second-order valence-corrected chi connectivity index (χ2v) is 19.5. The molecule has 68 heavy (non-hydrogen) atoms. The van der Waals surface area contributed by atoms with E-state index in [1.165, 1.54) is 161 Å². The molecule has 0 rings (SSSR count). The first-order valence-corrected chi connectivity index (χ1v) is 29.3. The van der Waals surface area contributed by atoms with Gasteiger partial charge in [-0.05, 0) is 64.2 Å². The zero-order chi connectivity index (χ0) is 49.3. The van der Waals surface area contributed by atoms with Gasteiger partial charge in [0.05, 0.1) is 0 Å². The van der Waals surface area contributed by atoms with E-state index in [1.807, 2.05) is 0 Å². The molecule has 6 nitrogen and oxygen atoms in total. The molecular weight excluding hydrogens is 841 g/mol. The number of rotatable bonds is 53. The maximum absolute atomic E-state index is 12.8. The van der Waals surface area contributed by atoms with Crippen molar-refractivity contribution in [3.8, 4) is 0 Å². The molecule has 0 aromatic carbocycles. The van der Waals surface area contributed by atoms with Crippen LogP contribution in [0.1, 0.15) is 297 Å². The number of ether oxygens (including phenoxy) is 3. The maximum atomic E-state index is 12.8. The van der Waals surface area contributed by atoms with Crippen LogP contribution >= 0.6 is 0 Å². The molecule has 0 aromatic rings. The molecule has 0 saturated carbocycles. The maximum Gasteiger partial charge on any atom is 0.306 e. The topological polar surface area (TPSA) is 78.9 Å². The molecule has 0 aromatic heterocycles. The van der Waals surface area contributed by atoms with E-state index in [0.717, 1.165) is 96.3 Å². The number of carbonyl (C=O) groups is 3. The van der Waals surface area contributed by atoms with Gasteiger partial charge in [-0.2, -0.15) is 0 Å². The Hall–Kier alpha value is -2.89. The van der Waals surface area contributed by atoms with Crippen LogP contribution < -0.4 is 0 Å². The van der Waals surface area contributed by atoms with Crippen LogP contribution in [0.15, 0.2) is 60.8 Å². The molecule has 0 unspecified atom stereocenters. The first-order chi connectivity index (χ1) is 33.5. The first-order valence-electron chi connectivity index (χ1n) is 29.3. The van der Waals surface area contributed by atoms with Gasteiger partial charge in [0.25, 0.3) is 0 Å². The molecule has 0 aliphatic rings. The molecule has 394 valence electrons. The Balaban J connectivity index is 4.35. The fraction of sp³-hybridized carbons (Fsp3) is 0.790. The van der Waals surface area contributed by atoms with E-state index in [-0.39, 0.29) is 31.1 Å². The summed E-state index contributed by atoms with van der Waals surface area (Å²) in [7, 11) is 0. The molecule has 0 heterocycles. The SMILES string of the molecule is CC/C=C\C/C=C\C/C=C\C/C=C\C/C=C\CCCCCC(=O)OC[C@H](COC(=O)CCCCCCCCCCCCCCCCCCCCC)OC(=O)CCCCCCCCCCCCCC. The monoisotopic (exact) mass is 951 g/mol. The zero-order valence-corrected chi connectivity index (χ0v) is 45.1. The van der Waals surface area contributed by atoms with Crippen molar-refractivity contribution in [1.29, 1.82) is 0 Å². The van der Waals surface area contributed by atoms with Crippen molar-refractivity contribution in [1.82, 2.24) is 0 Å². The van der Waals surface area contributed by atoms with E-state index >= 15 is 0 Å². The Morgan fingerprint density at radius 1 is 0.309 bits per heavy atom. The Bertz CT molecular complexity index is 1230. The Kier molecular flexibility index (Phi) is 54.3. The molecule has 0 aliphatic carbocycles.